The zero-order valence-corrected chi connectivity index (χ0v) is 20.0. The molecule has 4 aromatic rings. The molecule has 172 valence electrons. The van der Waals surface area contributed by atoms with E-state index in [2.05, 4.69) is 14.1 Å². The van der Waals surface area contributed by atoms with Crippen LogP contribution in [0.4, 0.5) is 5.69 Å². The van der Waals surface area contributed by atoms with Gasteiger partial charge in [0.05, 0.1) is 31.7 Å². The summed E-state index contributed by atoms with van der Waals surface area (Å²) >= 11 is 7.81. The van der Waals surface area contributed by atoms with Gasteiger partial charge >= 0.3 is 5.97 Å². The van der Waals surface area contributed by atoms with Gasteiger partial charge in [-0.1, -0.05) is 23.7 Å². The normalized spacial score (nSPS) is 13.6. The van der Waals surface area contributed by atoms with Crippen molar-refractivity contribution >= 4 is 44.8 Å². The number of halogens is 1. The number of hydrogen-bond donors (Lipinski definition) is 2. The lowest BCUT2D eigenvalue weighted by molar-refractivity contribution is 0.0696. The maximum atomic E-state index is 13.6. The number of rotatable bonds is 7. The highest BCUT2D eigenvalue weighted by atomic mass is 35.5. The molecule has 7 nitrogen and oxygen atoms in total. The molecule has 10 heteroatoms. The molecule has 0 aliphatic heterocycles. The highest BCUT2D eigenvalue weighted by molar-refractivity contribution is 7.92. The lowest BCUT2D eigenvalue weighted by Crippen LogP contribution is -2.16. The van der Waals surface area contributed by atoms with Crippen LogP contribution in [0.2, 0.25) is 5.02 Å². The summed E-state index contributed by atoms with van der Waals surface area (Å²) in [7, 11) is -4.13. The number of aromatic nitrogens is 2. The third-order valence-corrected chi connectivity index (χ3v) is 8.08. The summed E-state index contributed by atoms with van der Waals surface area (Å²) in [6.07, 6.45) is 4.99. The fourth-order valence-corrected chi connectivity index (χ4v) is 6.11. The molecule has 1 aliphatic rings. The van der Waals surface area contributed by atoms with Gasteiger partial charge in [0.1, 0.15) is 0 Å². The quantitative estimate of drug-likeness (QED) is 0.319. The van der Waals surface area contributed by atoms with Crippen molar-refractivity contribution in [1.29, 1.82) is 0 Å². The Balaban J connectivity index is 1.66. The number of benzene rings is 2. The summed E-state index contributed by atoms with van der Waals surface area (Å²) in [5.41, 5.74) is 2.49. The van der Waals surface area contributed by atoms with Gasteiger partial charge < -0.3 is 5.11 Å². The summed E-state index contributed by atoms with van der Waals surface area (Å²) in [6.45, 7) is 0. The number of nitrogens with zero attached hydrogens (tertiary/aromatic N) is 2. The van der Waals surface area contributed by atoms with Gasteiger partial charge in [0.15, 0.2) is 0 Å². The zero-order chi connectivity index (χ0) is 23.9. The Hall–Kier alpha value is -3.27. The number of pyridine rings is 1. The lowest BCUT2D eigenvalue weighted by atomic mass is 10.0. The van der Waals surface area contributed by atoms with E-state index in [4.69, 9.17) is 11.6 Å². The molecule has 0 saturated heterocycles. The first-order chi connectivity index (χ1) is 16.3. The van der Waals surface area contributed by atoms with Crippen molar-refractivity contribution in [2.75, 3.05) is 4.72 Å². The zero-order valence-electron chi connectivity index (χ0n) is 17.6. The molecule has 2 aromatic carbocycles. The predicted octanol–water partition coefficient (Wildman–Crippen LogP) is 5.90. The summed E-state index contributed by atoms with van der Waals surface area (Å²) in [5.74, 6) is -1.09. The van der Waals surface area contributed by atoms with Gasteiger partial charge in [0.25, 0.3) is 10.0 Å². The molecule has 5 rings (SSSR count). The number of anilines is 1. The van der Waals surface area contributed by atoms with Gasteiger partial charge in [0.2, 0.25) is 0 Å². The molecule has 2 N–H and O–H groups in total. The molecule has 0 unspecified atom stereocenters. The van der Waals surface area contributed by atoms with Crippen molar-refractivity contribution in [3.8, 4) is 21.7 Å². The van der Waals surface area contributed by atoms with Crippen molar-refractivity contribution in [2.45, 2.75) is 23.7 Å². The van der Waals surface area contributed by atoms with Crippen LogP contribution in [-0.2, 0) is 10.0 Å². The molecule has 1 fully saturated rings. The van der Waals surface area contributed by atoms with E-state index in [-0.39, 0.29) is 22.1 Å². The summed E-state index contributed by atoms with van der Waals surface area (Å²) < 4.78 is 34.1. The number of carbonyl (C=O) groups is 1. The van der Waals surface area contributed by atoms with Crippen LogP contribution < -0.4 is 4.72 Å². The monoisotopic (exact) mass is 511 g/mol. The minimum Gasteiger partial charge on any atom is -0.478 e. The SMILES string of the molecule is O=C(O)c1ccc(C2CC2)c(S(=O)(=O)Nc2cc(-c3ccns3)c(Cl)cc2-c2ccccn2)c1. The Morgan fingerprint density at radius 3 is 2.53 bits per heavy atom. The molecule has 0 spiro atoms. The Bertz CT molecular complexity index is 1490. The maximum Gasteiger partial charge on any atom is 0.335 e. The number of sulfonamides is 1. The van der Waals surface area contributed by atoms with Gasteiger partial charge in [-0.3, -0.25) is 9.71 Å². The van der Waals surface area contributed by atoms with Gasteiger partial charge in [-0.15, -0.1) is 0 Å². The molecule has 2 heterocycles. The fourth-order valence-electron chi connectivity index (χ4n) is 3.77. The van der Waals surface area contributed by atoms with Crippen molar-refractivity contribution in [1.82, 2.24) is 9.36 Å². The first-order valence-electron chi connectivity index (χ1n) is 10.4. The minimum atomic E-state index is -4.13. The molecular formula is C24H18ClN3O4S2. The first-order valence-corrected chi connectivity index (χ1v) is 13.0. The number of aromatic carboxylic acids is 1. The van der Waals surface area contributed by atoms with Crippen molar-refractivity contribution in [3.05, 3.63) is 83.1 Å². The van der Waals surface area contributed by atoms with Gasteiger partial charge in [-0.25, -0.2) is 17.6 Å². The van der Waals surface area contributed by atoms with Crippen LogP contribution in [0.15, 0.2) is 71.9 Å². The van der Waals surface area contributed by atoms with Crippen molar-refractivity contribution in [2.24, 2.45) is 0 Å². The second-order valence-corrected chi connectivity index (χ2v) is 10.8. The number of hydrogen-bond acceptors (Lipinski definition) is 6. The highest BCUT2D eigenvalue weighted by Crippen LogP contribution is 2.44. The van der Waals surface area contributed by atoms with Crippen molar-refractivity contribution < 1.29 is 18.3 Å². The summed E-state index contributed by atoms with van der Waals surface area (Å²) in [4.78, 5) is 16.7. The van der Waals surface area contributed by atoms with E-state index >= 15 is 0 Å². The molecule has 2 aromatic heterocycles. The van der Waals surface area contributed by atoms with E-state index in [1.54, 1.807) is 54.9 Å². The van der Waals surface area contributed by atoms with Crippen LogP contribution in [0.5, 0.6) is 0 Å². The lowest BCUT2D eigenvalue weighted by Gasteiger charge is -2.17. The van der Waals surface area contributed by atoms with E-state index in [1.165, 1.54) is 23.7 Å². The van der Waals surface area contributed by atoms with E-state index in [0.717, 1.165) is 17.7 Å². The van der Waals surface area contributed by atoms with Gasteiger partial charge in [0, 0.05) is 23.5 Å². The van der Waals surface area contributed by atoms with E-state index < -0.39 is 16.0 Å². The molecule has 0 atom stereocenters. The van der Waals surface area contributed by atoms with Gasteiger partial charge in [-0.2, -0.15) is 0 Å². The van der Waals surface area contributed by atoms with Crippen LogP contribution in [0.1, 0.15) is 34.7 Å². The Kier molecular flexibility index (Phi) is 5.85. The molecule has 1 saturated carbocycles. The second-order valence-electron chi connectivity index (χ2n) is 7.91. The Morgan fingerprint density at radius 1 is 1.06 bits per heavy atom. The fraction of sp³-hybridized carbons (Fsp3) is 0.125. The van der Waals surface area contributed by atoms with Gasteiger partial charge in [-0.05, 0) is 78.3 Å². The van der Waals surface area contributed by atoms with E-state index in [1.807, 2.05) is 0 Å². The topological polar surface area (TPSA) is 109 Å². The average molecular weight is 512 g/mol. The highest BCUT2D eigenvalue weighted by Gasteiger charge is 2.32. The van der Waals surface area contributed by atoms with E-state index in [0.29, 0.717) is 27.4 Å². The summed E-state index contributed by atoms with van der Waals surface area (Å²) in [6, 6.07) is 14.7. The Labute approximate surface area is 205 Å². The van der Waals surface area contributed by atoms with Crippen LogP contribution >= 0.6 is 23.1 Å². The van der Waals surface area contributed by atoms with Crippen LogP contribution in [0.3, 0.4) is 0 Å². The second kappa shape index (κ2) is 8.83. The molecule has 0 radical (unpaired) electrons. The number of carboxylic acids is 1. The molecule has 0 amide bonds. The predicted molar refractivity (Wildman–Crippen MR) is 132 cm³/mol. The molecule has 34 heavy (non-hydrogen) atoms. The molecule has 1 aliphatic carbocycles. The third-order valence-electron chi connectivity index (χ3n) is 5.56. The van der Waals surface area contributed by atoms with Crippen LogP contribution in [-0.4, -0.2) is 28.9 Å². The standard InChI is InChI=1S/C24H18ClN3O4S2/c25-19-12-18(20-3-1-2-9-26-20)21(13-17(19)22-8-10-27-33-22)28-34(31,32)23-11-15(24(29)30)6-7-16(23)14-4-5-14/h1-3,6-14,28H,4-5H2,(H,29,30). The maximum absolute atomic E-state index is 13.6. The minimum absolute atomic E-state index is 0.0313. The Morgan fingerprint density at radius 2 is 1.88 bits per heavy atom. The largest absolute Gasteiger partial charge is 0.478 e. The number of nitrogens with one attached hydrogen (secondary N) is 1. The number of carboxylic acid groups (broad SMARTS) is 1. The average Bonchev–Trinajstić information content (AvgIpc) is 3.53. The smallest absolute Gasteiger partial charge is 0.335 e. The first kappa shape index (κ1) is 22.5. The van der Waals surface area contributed by atoms with Crippen molar-refractivity contribution in [3.63, 3.8) is 0 Å². The molecule has 0 bridgehead atoms. The van der Waals surface area contributed by atoms with Crippen LogP contribution in [0.25, 0.3) is 21.7 Å². The van der Waals surface area contributed by atoms with E-state index in [9.17, 15) is 18.3 Å². The van der Waals surface area contributed by atoms with Crippen LogP contribution in [0, 0.1) is 0 Å². The molecular weight excluding hydrogens is 494 g/mol. The third kappa shape index (κ3) is 4.42. The summed E-state index contributed by atoms with van der Waals surface area (Å²) in [5, 5.41) is 9.86.